The minimum absolute atomic E-state index is 0.0359. The molecule has 0 N–H and O–H groups in total. The van der Waals surface area contributed by atoms with Crippen molar-refractivity contribution in [1.29, 1.82) is 0 Å². The first-order chi connectivity index (χ1) is 13.4. The summed E-state index contributed by atoms with van der Waals surface area (Å²) in [6.07, 6.45) is 5.12. The smallest absolute Gasteiger partial charge is 0.265 e. The third kappa shape index (κ3) is 7.12. The van der Waals surface area contributed by atoms with Gasteiger partial charge < -0.3 is 0 Å². The van der Waals surface area contributed by atoms with E-state index in [4.69, 9.17) is 0 Å². The van der Waals surface area contributed by atoms with Crippen LogP contribution in [0.4, 0.5) is 0 Å². The van der Waals surface area contributed by atoms with Crippen molar-refractivity contribution in [2.24, 2.45) is 10.3 Å². The van der Waals surface area contributed by atoms with Crippen LogP contribution < -0.4 is 0 Å². The summed E-state index contributed by atoms with van der Waals surface area (Å²) in [6, 6.07) is 15.5. The Morgan fingerprint density at radius 3 is 1.36 bits per heavy atom. The molecule has 0 unspecified atom stereocenters. The highest BCUT2D eigenvalue weighted by Gasteiger charge is 2.14. The molecule has 0 saturated heterocycles. The van der Waals surface area contributed by atoms with Crippen LogP contribution >= 0.6 is 0 Å². The van der Waals surface area contributed by atoms with Gasteiger partial charge in [-0.2, -0.15) is 16.8 Å². The molecule has 2 aromatic rings. The zero-order chi connectivity index (χ0) is 20.3. The highest BCUT2D eigenvalue weighted by molar-refractivity contribution is 7.87. The monoisotopic (exact) mass is 424 g/mol. The predicted octanol–water partition coefficient (Wildman–Crippen LogP) is 3.33. The largest absolute Gasteiger partial charge is 0.358 e. The lowest BCUT2D eigenvalue weighted by Gasteiger charge is -2.00. The van der Waals surface area contributed by atoms with Gasteiger partial charge in [-0.25, -0.2) is 0 Å². The second-order valence-electron chi connectivity index (χ2n) is 5.54. The van der Waals surface area contributed by atoms with Gasteiger partial charge in [0.25, 0.3) is 0 Å². The van der Waals surface area contributed by atoms with Gasteiger partial charge >= 0.3 is 20.2 Å². The molecule has 0 bridgehead atoms. The Bertz CT molecular complexity index is 905. The lowest BCUT2D eigenvalue weighted by Crippen LogP contribution is -2.02. The van der Waals surface area contributed by atoms with E-state index in [9.17, 15) is 16.8 Å². The Kier molecular flexibility index (Phi) is 8.15. The Labute approximate surface area is 164 Å². The molecule has 0 aliphatic carbocycles. The molecule has 150 valence electrons. The minimum Gasteiger partial charge on any atom is -0.265 e. The minimum atomic E-state index is -3.89. The lowest BCUT2D eigenvalue weighted by molar-refractivity contribution is 0.338. The van der Waals surface area contributed by atoms with Crippen molar-refractivity contribution in [3.63, 3.8) is 0 Å². The van der Waals surface area contributed by atoms with Gasteiger partial charge in [0.15, 0.2) is 0 Å². The summed E-state index contributed by atoms with van der Waals surface area (Å²) in [5, 5.41) is 6.94. The van der Waals surface area contributed by atoms with E-state index in [2.05, 4.69) is 18.9 Å². The van der Waals surface area contributed by atoms with Gasteiger partial charge in [-0.05, 0) is 49.9 Å². The fourth-order valence-electron chi connectivity index (χ4n) is 2.01. The maximum Gasteiger partial charge on any atom is 0.358 e. The molecule has 2 aromatic carbocycles. The molecule has 28 heavy (non-hydrogen) atoms. The molecule has 10 heteroatoms. The summed E-state index contributed by atoms with van der Waals surface area (Å²) in [5.74, 6) is 0. The van der Waals surface area contributed by atoms with Crippen LogP contribution in [0, 0.1) is 0 Å². The third-order valence-corrected chi connectivity index (χ3v) is 5.68. The summed E-state index contributed by atoms with van der Waals surface area (Å²) in [5.41, 5.74) is 0. The van der Waals surface area contributed by atoms with Crippen LogP contribution in [-0.2, 0) is 28.8 Å². The molecule has 0 amide bonds. The van der Waals surface area contributed by atoms with Crippen LogP contribution in [0.15, 0.2) is 80.8 Å². The molecule has 0 aromatic heterocycles. The Morgan fingerprint density at radius 1 is 0.643 bits per heavy atom. The summed E-state index contributed by atoms with van der Waals surface area (Å²) in [6.45, 7) is 0. The van der Waals surface area contributed by atoms with Gasteiger partial charge in [0, 0.05) is 12.4 Å². The molecule has 0 saturated carbocycles. The second-order valence-corrected chi connectivity index (χ2v) is 8.60. The summed E-state index contributed by atoms with van der Waals surface area (Å²) >= 11 is 0. The number of hydrogen-bond acceptors (Lipinski definition) is 8. The molecule has 2 rings (SSSR count). The molecule has 0 radical (unpaired) electrons. The van der Waals surface area contributed by atoms with Crippen LogP contribution in [0.5, 0.6) is 0 Å². The van der Waals surface area contributed by atoms with Crippen LogP contribution in [-0.4, -0.2) is 29.3 Å². The van der Waals surface area contributed by atoms with Crippen LogP contribution in [0.2, 0.25) is 0 Å². The predicted molar refractivity (Wildman–Crippen MR) is 105 cm³/mol. The average Bonchev–Trinajstić information content (AvgIpc) is 2.70. The fourth-order valence-corrected chi connectivity index (χ4v) is 3.51. The molecule has 0 spiro atoms. The third-order valence-electron chi connectivity index (χ3n) is 3.41. The molecule has 0 aliphatic heterocycles. The van der Waals surface area contributed by atoms with Crippen molar-refractivity contribution in [3.8, 4) is 0 Å². The fraction of sp³-hybridized carbons (Fsp3) is 0.222. The number of hydrogen-bond donors (Lipinski definition) is 0. The van der Waals surface area contributed by atoms with Crippen LogP contribution in [0.25, 0.3) is 0 Å². The molecule has 0 fully saturated rings. The molecular weight excluding hydrogens is 404 g/mol. The van der Waals surface area contributed by atoms with Crippen molar-refractivity contribution in [2.75, 3.05) is 0 Å². The normalized spacial score (nSPS) is 12.4. The quantitative estimate of drug-likeness (QED) is 0.311. The van der Waals surface area contributed by atoms with Gasteiger partial charge in [-0.3, -0.25) is 8.57 Å². The molecular formula is C18H20N2O6S2. The van der Waals surface area contributed by atoms with Crippen molar-refractivity contribution in [3.05, 3.63) is 60.7 Å². The first kappa shape index (κ1) is 21.6. The maximum absolute atomic E-state index is 11.8. The zero-order valence-electron chi connectivity index (χ0n) is 14.9. The number of oxime groups is 2. The van der Waals surface area contributed by atoms with E-state index in [0.29, 0.717) is 25.7 Å². The zero-order valence-corrected chi connectivity index (χ0v) is 16.6. The number of benzene rings is 2. The van der Waals surface area contributed by atoms with E-state index in [1.54, 1.807) is 36.4 Å². The summed E-state index contributed by atoms with van der Waals surface area (Å²) in [4.78, 5) is 0.0719. The number of rotatable bonds is 11. The highest BCUT2D eigenvalue weighted by atomic mass is 32.2. The standard InChI is InChI=1S/C18H20N2O6S2/c21-27(22,17-11-5-3-6-12-17)25-19-15-9-1-2-10-16-20-26-28(23,24)18-13-7-4-8-14-18/h3-8,11-16H,1-2,9-10H2. The van der Waals surface area contributed by atoms with E-state index in [1.165, 1.54) is 36.7 Å². The van der Waals surface area contributed by atoms with Gasteiger partial charge in [0.05, 0.1) is 0 Å². The van der Waals surface area contributed by atoms with E-state index < -0.39 is 20.2 Å². The lowest BCUT2D eigenvalue weighted by atomic mass is 10.2. The van der Waals surface area contributed by atoms with Crippen molar-refractivity contribution < 1.29 is 25.4 Å². The van der Waals surface area contributed by atoms with Crippen LogP contribution in [0.1, 0.15) is 25.7 Å². The summed E-state index contributed by atoms with van der Waals surface area (Å²) < 4.78 is 56.4. The van der Waals surface area contributed by atoms with Gasteiger partial charge in [0.1, 0.15) is 9.79 Å². The number of unbranched alkanes of at least 4 members (excludes halogenated alkanes) is 3. The molecule has 8 nitrogen and oxygen atoms in total. The molecule has 0 heterocycles. The number of nitrogens with zero attached hydrogens (tertiary/aromatic N) is 2. The van der Waals surface area contributed by atoms with Gasteiger partial charge in [-0.15, -0.1) is 0 Å². The maximum atomic E-state index is 11.8. The Morgan fingerprint density at radius 2 is 1.00 bits per heavy atom. The van der Waals surface area contributed by atoms with E-state index in [1.807, 2.05) is 0 Å². The molecule has 0 aliphatic rings. The molecule has 0 atom stereocenters. The van der Waals surface area contributed by atoms with Crippen molar-refractivity contribution in [2.45, 2.75) is 35.5 Å². The summed E-state index contributed by atoms with van der Waals surface area (Å²) in [7, 11) is -7.79. The first-order valence-corrected chi connectivity index (χ1v) is 11.2. The van der Waals surface area contributed by atoms with Gasteiger partial charge in [0.2, 0.25) is 0 Å². The van der Waals surface area contributed by atoms with E-state index in [-0.39, 0.29) is 9.79 Å². The van der Waals surface area contributed by atoms with Crippen molar-refractivity contribution >= 4 is 32.7 Å². The highest BCUT2D eigenvalue weighted by Crippen LogP contribution is 2.12. The van der Waals surface area contributed by atoms with Crippen LogP contribution in [0.3, 0.4) is 0 Å². The second kappa shape index (κ2) is 10.6. The SMILES string of the molecule is O=S(=O)(ON=CCCCCC=NOS(=O)(=O)c1ccccc1)c1ccccc1. The first-order valence-electron chi connectivity index (χ1n) is 8.43. The Balaban J connectivity index is 1.63. The van der Waals surface area contributed by atoms with E-state index >= 15 is 0 Å². The topological polar surface area (TPSA) is 111 Å². The Hall–Kier alpha value is -2.72. The van der Waals surface area contributed by atoms with Crippen molar-refractivity contribution in [1.82, 2.24) is 0 Å². The van der Waals surface area contributed by atoms with E-state index in [0.717, 1.165) is 0 Å². The average molecular weight is 425 g/mol. The van der Waals surface area contributed by atoms with Gasteiger partial charge in [-0.1, -0.05) is 46.7 Å².